The predicted octanol–water partition coefficient (Wildman–Crippen LogP) is 16.1. The lowest BCUT2D eigenvalue weighted by atomic mass is 9.71. The minimum atomic E-state index is 0.0446. The summed E-state index contributed by atoms with van der Waals surface area (Å²) in [5, 5.41) is 0. The van der Waals surface area contributed by atoms with Gasteiger partial charge in [0, 0.05) is 5.41 Å². The van der Waals surface area contributed by atoms with Gasteiger partial charge in [-0.3, -0.25) is 0 Å². The molecule has 5 aromatic rings. The van der Waals surface area contributed by atoms with Crippen LogP contribution < -0.4 is 9.47 Å². The molecule has 296 valence electrons. The molecule has 0 radical (unpaired) electrons. The highest BCUT2D eigenvalue weighted by molar-refractivity contribution is 5.86. The lowest BCUT2D eigenvalue weighted by Crippen LogP contribution is -2.25. The second-order valence-corrected chi connectivity index (χ2v) is 16.7. The van der Waals surface area contributed by atoms with Gasteiger partial charge in [-0.2, -0.15) is 0 Å². The van der Waals surface area contributed by atoms with Crippen molar-refractivity contribution in [2.45, 2.75) is 131 Å². The van der Waals surface area contributed by atoms with Crippen molar-refractivity contribution in [1.29, 1.82) is 0 Å². The number of fused-ring (bicyclic) bond motifs is 3. The Hall–Kier alpha value is -4.30. The van der Waals surface area contributed by atoms with Crippen LogP contribution in [0.3, 0.4) is 0 Å². The number of hydrogen-bond donors (Lipinski definition) is 0. The van der Waals surface area contributed by atoms with Crippen LogP contribution in [0.2, 0.25) is 0 Å². The van der Waals surface area contributed by atoms with Crippen LogP contribution in [0.25, 0.3) is 44.5 Å². The third-order valence-electron chi connectivity index (χ3n) is 12.6. The highest BCUT2D eigenvalue weighted by atomic mass is 16.5. The molecule has 0 aliphatic heterocycles. The van der Waals surface area contributed by atoms with Gasteiger partial charge in [0.1, 0.15) is 11.5 Å². The van der Waals surface area contributed by atoms with Crippen LogP contribution in [-0.2, 0) is 5.41 Å². The van der Waals surface area contributed by atoms with E-state index in [0.717, 1.165) is 63.2 Å². The van der Waals surface area contributed by atoms with Crippen LogP contribution in [0, 0.1) is 18.8 Å². The number of benzene rings is 5. The molecule has 0 aromatic heterocycles. The molecular weight excluding hydrogens is 681 g/mol. The topological polar surface area (TPSA) is 18.5 Å². The normalized spacial score (nSPS) is 13.9. The maximum Gasteiger partial charge on any atom is 0.119 e. The summed E-state index contributed by atoms with van der Waals surface area (Å²) in [6.45, 7) is 17.6. The summed E-state index contributed by atoms with van der Waals surface area (Å²) in [7, 11) is 0. The molecule has 2 heteroatoms. The Morgan fingerprint density at radius 3 is 1.32 bits per heavy atom. The summed E-state index contributed by atoms with van der Waals surface area (Å²) in [6, 6.07) is 39.2. The van der Waals surface area contributed by atoms with Crippen molar-refractivity contribution in [3.8, 4) is 56.0 Å². The fourth-order valence-electron chi connectivity index (χ4n) is 9.14. The minimum Gasteiger partial charge on any atom is -0.493 e. The van der Waals surface area contributed by atoms with Crippen LogP contribution >= 0.6 is 0 Å². The molecule has 56 heavy (non-hydrogen) atoms. The van der Waals surface area contributed by atoms with E-state index in [1.165, 1.54) is 99.7 Å². The molecule has 2 atom stereocenters. The van der Waals surface area contributed by atoms with Crippen LogP contribution in [0.4, 0.5) is 0 Å². The van der Waals surface area contributed by atoms with Crippen LogP contribution in [-0.4, -0.2) is 13.2 Å². The maximum absolute atomic E-state index is 6.33. The lowest BCUT2D eigenvalue weighted by Gasteiger charge is -2.32. The van der Waals surface area contributed by atoms with Crippen LogP contribution in [0.5, 0.6) is 11.5 Å². The zero-order valence-corrected chi connectivity index (χ0v) is 35.7. The summed E-state index contributed by atoms with van der Waals surface area (Å²) in [4.78, 5) is 0. The van der Waals surface area contributed by atoms with E-state index in [4.69, 9.17) is 9.47 Å². The Kier molecular flexibility index (Phi) is 14.6. The van der Waals surface area contributed by atoms with Gasteiger partial charge in [0.2, 0.25) is 0 Å². The summed E-state index contributed by atoms with van der Waals surface area (Å²) in [5.74, 6) is 3.12. The van der Waals surface area contributed by atoms with Crippen molar-refractivity contribution in [2.75, 3.05) is 13.2 Å². The first-order valence-corrected chi connectivity index (χ1v) is 22.2. The molecule has 6 rings (SSSR count). The van der Waals surface area contributed by atoms with Crippen LogP contribution in [0.15, 0.2) is 103 Å². The second-order valence-electron chi connectivity index (χ2n) is 16.7. The van der Waals surface area contributed by atoms with Gasteiger partial charge in [-0.15, -0.1) is 0 Å². The highest BCUT2D eigenvalue weighted by Gasteiger charge is 2.42. The van der Waals surface area contributed by atoms with Gasteiger partial charge in [-0.05, 0) is 149 Å². The Bertz CT molecular complexity index is 1900. The van der Waals surface area contributed by atoms with E-state index >= 15 is 0 Å². The van der Waals surface area contributed by atoms with Crippen molar-refractivity contribution >= 4 is 0 Å². The first kappa shape index (κ1) is 41.3. The zero-order valence-electron chi connectivity index (χ0n) is 35.7. The molecule has 0 fully saturated rings. The van der Waals surface area contributed by atoms with Crippen molar-refractivity contribution in [3.05, 3.63) is 120 Å². The largest absolute Gasteiger partial charge is 0.493 e. The molecule has 0 saturated carbocycles. The molecule has 1 aliphatic carbocycles. The smallest absolute Gasteiger partial charge is 0.119 e. The molecule has 1 aliphatic rings. The maximum atomic E-state index is 6.33. The van der Waals surface area contributed by atoms with Crippen molar-refractivity contribution < 1.29 is 9.47 Å². The Morgan fingerprint density at radius 1 is 0.446 bits per heavy atom. The number of unbranched alkanes of at least 4 members (excludes halogenated alkanes) is 2. The number of aryl methyl sites for hydroxylation is 1. The number of hydrogen-bond acceptors (Lipinski definition) is 2. The van der Waals surface area contributed by atoms with E-state index in [1.807, 2.05) is 0 Å². The van der Waals surface area contributed by atoms with E-state index in [1.54, 1.807) is 0 Å². The van der Waals surface area contributed by atoms with E-state index in [2.05, 4.69) is 152 Å². The van der Waals surface area contributed by atoms with Gasteiger partial charge < -0.3 is 9.47 Å². The average Bonchev–Trinajstić information content (AvgIpc) is 3.48. The van der Waals surface area contributed by atoms with Gasteiger partial charge in [0.25, 0.3) is 0 Å². The molecular formula is C54H68O2. The molecule has 0 spiro atoms. The Balaban J connectivity index is 1.37. The minimum absolute atomic E-state index is 0.0446. The second kappa shape index (κ2) is 19.7. The molecule has 0 amide bonds. The monoisotopic (exact) mass is 749 g/mol. The molecule has 0 saturated heterocycles. The Morgan fingerprint density at radius 2 is 0.875 bits per heavy atom. The fourth-order valence-corrected chi connectivity index (χ4v) is 9.14. The highest BCUT2D eigenvalue weighted by Crippen LogP contribution is 2.55. The number of ether oxygens (including phenoxy) is 2. The molecule has 0 heterocycles. The van der Waals surface area contributed by atoms with Crippen molar-refractivity contribution in [3.63, 3.8) is 0 Å². The first-order chi connectivity index (χ1) is 27.4. The summed E-state index contributed by atoms with van der Waals surface area (Å²) < 4.78 is 12.7. The third-order valence-corrected chi connectivity index (χ3v) is 12.6. The standard InChI is InChI=1S/C54H68O2/c1-8-14-16-40(12-5)37-55-48-24-19-42(20-25-48)45-33-46(43-21-26-49(27-22-43)56-38-41(13-6)17-15-9-2)35-47(34-45)44-23-29-51-50-28-18-39(7)32-52(50)54(30-10-3,31-11-4)53(51)36-44/h18-29,32-36,40-41H,8-17,30-31,37-38H2,1-7H3. The molecule has 0 N–H and O–H groups in total. The van der Waals surface area contributed by atoms with E-state index < -0.39 is 0 Å². The Labute approximate surface area is 340 Å². The molecule has 2 nitrogen and oxygen atoms in total. The average molecular weight is 749 g/mol. The van der Waals surface area contributed by atoms with Gasteiger partial charge >= 0.3 is 0 Å². The number of rotatable bonds is 21. The van der Waals surface area contributed by atoms with Crippen LogP contribution in [0.1, 0.15) is 135 Å². The quantitative estimate of drug-likeness (QED) is 0.0744. The SMILES string of the molecule is CCCCC(CC)COc1ccc(-c2cc(-c3ccc(OCC(CC)CCCC)cc3)cc(-c3ccc4c(c3)C(CCC)(CCC)c3cc(C)ccc3-4)c2)cc1. The summed E-state index contributed by atoms with van der Waals surface area (Å²) in [6.07, 6.45) is 14.4. The van der Waals surface area contributed by atoms with Crippen molar-refractivity contribution in [2.24, 2.45) is 11.8 Å². The lowest BCUT2D eigenvalue weighted by molar-refractivity contribution is 0.233. The first-order valence-electron chi connectivity index (χ1n) is 22.2. The van der Waals surface area contributed by atoms with E-state index in [0.29, 0.717) is 11.8 Å². The van der Waals surface area contributed by atoms with E-state index in [9.17, 15) is 0 Å². The summed E-state index contributed by atoms with van der Waals surface area (Å²) >= 11 is 0. The third kappa shape index (κ3) is 9.45. The predicted molar refractivity (Wildman–Crippen MR) is 241 cm³/mol. The van der Waals surface area contributed by atoms with E-state index in [-0.39, 0.29) is 5.41 Å². The van der Waals surface area contributed by atoms with Gasteiger partial charge in [-0.25, -0.2) is 0 Å². The van der Waals surface area contributed by atoms with Gasteiger partial charge in [-0.1, -0.05) is 153 Å². The van der Waals surface area contributed by atoms with Gasteiger partial charge in [0.15, 0.2) is 0 Å². The van der Waals surface area contributed by atoms with Gasteiger partial charge in [0.05, 0.1) is 13.2 Å². The molecule has 2 unspecified atom stereocenters. The summed E-state index contributed by atoms with van der Waals surface area (Å²) in [5.41, 5.74) is 14.6. The molecule has 5 aromatic carbocycles. The fraction of sp³-hybridized carbons (Fsp3) is 0.444. The zero-order chi connectivity index (χ0) is 39.5. The molecule has 0 bridgehead atoms. The van der Waals surface area contributed by atoms with Crippen molar-refractivity contribution in [1.82, 2.24) is 0 Å².